The summed E-state index contributed by atoms with van der Waals surface area (Å²) in [5.41, 5.74) is 2.35. The molecule has 3 aromatic rings. The lowest BCUT2D eigenvalue weighted by Gasteiger charge is -2.33. The van der Waals surface area contributed by atoms with E-state index < -0.39 is 6.17 Å². The normalized spacial score (nSPS) is 14.4. The number of aromatic nitrogens is 3. The smallest absolute Gasteiger partial charge is 0.293 e. The van der Waals surface area contributed by atoms with E-state index in [9.17, 15) is 9.90 Å². The Bertz CT molecular complexity index is 1190. The maximum absolute atomic E-state index is 13.2. The summed E-state index contributed by atoms with van der Waals surface area (Å²) in [6.07, 6.45) is -0.686. The van der Waals surface area contributed by atoms with Crippen LogP contribution in [0.4, 0.5) is 5.69 Å². The molecule has 0 radical (unpaired) electrons. The van der Waals surface area contributed by atoms with Gasteiger partial charge in [0.25, 0.3) is 17.0 Å². The summed E-state index contributed by atoms with van der Waals surface area (Å²) in [6, 6.07) is 12.9. The maximum Gasteiger partial charge on any atom is 0.293 e. The minimum atomic E-state index is -0.686. The third-order valence-electron chi connectivity index (χ3n) is 5.20. The number of benzene rings is 2. The molecule has 1 atom stereocenters. The number of hydrogen-bond donors (Lipinski definition) is 0. The Balaban J connectivity index is 1.99. The molecule has 172 valence electrons. The van der Waals surface area contributed by atoms with E-state index in [0.29, 0.717) is 52.6 Å². The van der Waals surface area contributed by atoms with Crippen LogP contribution in [0.2, 0.25) is 0 Å². The Morgan fingerprint density at radius 2 is 1.85 bits per heavy atom. The quantitative estimate of drug-likeness (QED) is 0.390. The molecule has 0 spiro atoms. The van der Waals surface area contributed by atoms with Crippen LogP contribution in [0.5, 0.6) is 17.4 Å². The monoisotopic (exact) mass is 466 g/mol. The molecule has 2 aromatic carbocycles. The summed E-state index contributed by atoms with van der Waals surface area (Å²) in [4.78, 5) is 18.8. The zero-order valence-corrected chi connectivity index (χ0v) is 19.9. The van der Waals surface area contributed by atoms with Crippen LogP contribution in [0.3, 0.4) is 0 Å². The fraction of sp³-hybridized carbons (Fsp3) is 0.333. The molecule has 1 unspecified atom stereocenters. The van der Waals surface area contributed by atoms with Gasteiger partial charge in [0.2, 0.25) is 5.91 Å². The first-order valence-electron chi connectivity index (χ1n) is 10.9. The van der Waals surface area contributed by atoms with E-state index in [1.807, 2.05) is 63.2 Å². The lowest BCUT2D eigenvalue weighted by molar-refractivity contribution is -0.764. The summed E-state index contributed by atoms with van der Waals surface area (Å²) < 4.78 is 13.1. The molecule has 2 heterocycles. The third-order valence-corrected chi connectivity index (χ3v) is 5.92. The Kier molecular flexibility index (Phi) is 6.69. The lowest BCUT2D eigenvalue weighted by atomic mass is 10.0. The zero-order valence-electron chi connectivity index (χ0n) is 19.1. The number of carbonyl (C=O) groups excluding carboxylic acids is 1. The molecule has 8 nitrogen and oxygen atoms in total. The van der Waals surface area contributed by atoms with Crippen molar-refractivity contribution in [1.82, 2.24) is 10.1 Å². The van der Waals surface area contributed by atoms with Crippen molar-refractivity contribution in [2.45, 2.75) is 39.0 Å². The van der Waals surface area contributed by atoms with E-state index >= 15 is 0 Å². The van der Waals surface area contributed by atoms with Gasteiger partial charge in [-0.2, -0.15) is 0 Å². The van der Waals surface area contributed by atoms with Crippen LogP contribution in [-0.2, 0) is 4.79 Å². The van der Waals surface area contributed by atoms with Gasteiger partial charge in [-0.3, -0.25) is 4.79 Å². The van der Waals surface area contributed by atoms with E-state index in [4.69, 9.17) is 14.6 Å². The number of para-hydroxylation sites is 1. The summed E-state index contributed by atoms with van der Waals surface area (Å²) >= 11 is 1.38. The molecule has 0 saturated carbocycles. The molecule has 0 saturated heterocycles. The van der Waals surface area contributed by atoms with Crippen molar-refractivity contribution in [2.75, 3.05) is 23.9 Å². The first-order valence-corrected chi connectivity index (χ1v) is 11.9. The maximum atomic E-state index is 13.2. The minimum absolute atomic E-state index is 0.173. The molecule has 1 aliphatic heterocycles. The Labute approximate surface area is 197 Å². The van der Waals surface area contributed by atoms with Gasteiger partial charge in [0, 0.05) is 17.6 Å². The fourth-order valence-electron chi connectivity index (χ4n) is 3.99. The minimum Gasteiger partial charge on any atom is -0.854 e. The first kappa shape index (κ1) is 22.8. The predicted octanol–water partition coefficient (Wildman–Crippen LogP) is 3.33. The average Bonchev–Trinajstić information content (AvgIpc) is 2.79. The summed E-state index contributed by atoms with van der Waals surface area (Å²) in [7, 11) is 0. The number of nitrogens with zero attached hydrogens (tertiary/aromatic N) is 4. The van der Waals surface area contributed by atoms with Gasteiger partial charge >= 0.3 is 0 Å². The molecule has 0 bridgehead atoms. The number of carbonyl (C=O) groups is 1. The SMILES string of the molecule is CCOc1ccc(C2N(C(C)=O)c3ccccc3-c3c([O-])nc(SCC)n[n+]32)cc1OCC. The third kappa shape index (κ3) is 4.20. The van der Waals surface area contributed by atoms with Crippen molar-refractivity contribution in [3.8, 4) is 28.6 Å². The molecular formula is C24H26N4O4S. The van der Waals surface area contributed by atoms with E-state index in [2.05, 4.69) is 4.98 Å². The van der Waals surface area contributed by atoms with Gasteiger partial charge in [-0.05, 0) is 49.9 Å². The number of thioether (sulfide) groups is 1. The molecule has 33 heavy (non-hydrogen) atoms. The largest absolute Gasteiger partial charge is 0.854 e. The van der Waals surface area contributed by atoms with Crippen molar-refractivity contribution >= 4 is 23.4 Å². The van der Waals surface area contributed by atoms with Crippen LogP contribution in [-0.4, -0.2) is 35.0 Å². The summed E-state index contributed by atoms with van der Waals surface area (Å²) in [6.45, 7) is 8.24. The van der Waals surface area contributed by atoms with E-state index in [1.54, 1.807) is 9.58 Å². The highest BCUT2D eigenvalue weighted by molar-refractivity contribution is 7.99. The highest BCUT2D eigenvalue weighted by Crippen LogP contribution is 2.42. The molecule has 0 aliphatic carbocycles. The fourth-order valence-corrected chi connectivity index (χ4v) is 4.55. The van der Waals surface area contributed by atoms with Crippen molar-refractivity contribution in [2.24, 2.45) is 0 Å². The van der Waals surface area contributed by atoms with E-state index in [1.165, 1.54) is 18.7 Å². The summed E-state index contributed by atoms with van der Waals surface area (Å²) in [5.74, 6) is 1.36. The van der Waals surface area contributed by atoms with Crippen LogP contribution in [0.15, 0.2) is 47.6 Å². The van der Waals surface area contributed by atoms with Gasteiger partial charge in [-0.15, -0.1) is 0 Å². The molecule has 1 amide bonds. The van der Waals surface area contributed by atoms with Crippen LogP contribution >= 0.6 is 11.8 Å². The number of ether oxygens (including phenoxy) is 2. The number of anilines is 1. The van der Waals surface area contributed by atoms with Gasteiger partial charge in [-0.1, -0.05) is 35.5 Å². The molecule has 0 fully saturated rings. The number of hydrogen-bond acceptors (Lipinski definition) is 7. The van der Waals surface area contributed by atoms with Crippen LogP contribution in [0, 0.1) is 0 Å². The second kappa shape index (κ2) is 9.66. The van der Waals surface area contributed by atoms with Gasteiger partial charge in [-0.25, -0.2) is 9.88 Å². The summed E-state index contributed by atoms with van der Waals surface area (Å²) in [5, 5.41) is 18.2. The molecule has 0 N–H and O–H groups in total. The number of amides is 1. The van der Waals surface area contributed by atoms with Crippen molar-refractivity contribution in [1.29, 1.82) is 0 Å². The molecule has 1 aliphatic rings. The number of rotatable bonds is 7. The van der Waals surface area contributed by atoms with Crippen LogP contribution in [0.1, 0.15) is 39.4 Å². The standard InChI is InChI=1S/C24H26N4O4S/c1-5-31-19-13-12-16(14-20(19)32-6-2)23-27(15(4)29)18-11-9-8-10-17(18)21-22(30)25-24(33-7-3)26-28(21)23/h8-14,23H,5-7H2,1-4H3. The molecule has 1 aromatic heterocycles. The lowest BCUT2D eigenvalue weighted by Crippen LogP contribution is -2.58. The first-order chi connectivity index (χ1) is 16.0. The Morgan fingerprint density at radius 1 is 1.12 bits per heavy atom. The molecule has 4 rings (SSSR count). The number of fused-ring (bicyclic) bond motifs is 3. The van der Waals surface area contributed by atoms with E-state index in [-0.39, 0.29) is 11.8 Å². The van der Waals surface area contributed by atoms with Crippen LogP contribution < -0.4 is 24.2 Å². The van der Waals surface area contributed by atoms with Crippen molar-refractivity contribution < 1.29 is 24.1 Å². The average molecular weight is 467 g/mol. The molecular weight excluding hydrogens is 440 g/mol. The van der Waals surface area contributed by atoms with Gasteiger partial charge in [0.05, 0.1) is 30.3 Å². The van der Waals surface area contributed by atoms with E-state index in [0.717, 1.165) is 5.56 Å². The second-order valence-corrected chi connectivity index (χ2v) is 8.51. The van der Waals surface area contributed by atoms with Gasteiger partial charge in [0.15, 0.2) is 11.5 Å². The highest BCUT2D eigenvalue weighted by atomic mass is 32.2. The van der Waals surface area contributed by atoms with Crippen molar-refractivity contribution in [3.05, 3.63) is 48.0 Å². The van der Waals surface area contributed by atoms with Gasteiger partial charge < -0.3 is 14.6 Å². The zero-order chi connectivity index (χ0) is 23.5. The highest BCUT2D eigenvalue weighted by Gasteiger charge is 2.44. The molecule has 9 heteroatoms. The predicted molar refractivity (Wildman–Crippen MR) is 124 cm³/mol. The van der Waals surface area contributed by atoms with Gasteiger partial charge in [0.1, 0.15) is 0 Å². The Hall–Kier alpha value is -3.33. The Morgan fingerprint density at radius 3 is 2.55 bits per heavy atom. The second-order valence-electron chi connectivity index (χ2n) is 7.28. The van der Waals surface area contributed by atoms with Crippen molar-refractivity contribution in [3.63, 3.8) is 0 Å². The van der Waals surface area contributed by atoms with Crippen LogP contribution in [0.25, 0.3) is 11.3 Å². The topological polar surface area (TPSA) is 91.5 Å².